The Morgan fingerprint density at radius 1 is 1.22 bits per heavy atom. The maximum Gasteiger partial charge on any atom is 0.288 e. The number of rotatable bonds is 11. The summed E-state index contributed by atoms with van der Waals surface area (Å²) in [5.74, 6) is -0.491. The summed E-state index contributed by atoms with van der Waals surface area (Å²) in [5, 5.41) is 11.4. The van der Waals surface area contributed by atoms with Gasteiger partial charge in [0.2, 0.25) is 5.91 Å². The SMILES string of the molecule is CC(=O)[C@H](CCC[NH2+]C(=N)N)NC(=O)CN(C)CC(=O)c1ccccc1.[Cl-]. The minimum absolute atomic E-state index is 0. The van der Waals surface area contributed by atoms with E-state index in [4.69, 9.17) is 11.1 Å². The van der Waals surface area contributed by atoms with Crippen molar-refractivity contribution >= 4 is 23.4 Å². The average molecular weight is 398 g/mol. The number of nitrogens with one attached hydrogen (secondary N) is 2. The quantitative estimate of drug-likeness (QED) is 0.131. The Kier molecular flexibility index (Phi) is 11.9. The maximum atomic E-state index is 12.1. The summed E-state index contributed by atoms with van der Waals surface area (Å²) in [6.45, 7) is 2.17. The van der Waals surface area contributed by atoms with Gasteiger partial charge in [-0.2, -0.15) is 0 Å². The second-order valence-corrected chi connectivity index (χ2v) is 6.28. The molecule has 0 fully saturated rings. The summed E-state index contributed by atoms with van der Waals surface area (Å²) >= 11 is 0. The monoisotopic (exact) mass is 397 g/mol. The Balaban J connectivity index is 0.00000676. The molecule has 6 N–H and O–H groups in total. The smallest absolute Gasteiger partial charge is 0.288 e. The van der Waals surface area contributed by atoms with Crippen molar-refractivity contribution in [3.8, 4) is 0 Å². The molecule has 0 saturated heterocycles. The largest absolute Gasteiger partial charge is 1.00 e. The molecule has 0 aliphatic rings. The van der Waals surface area contributed by atoms with Crippen LogP contribution in [-0.4, -0.2) is 61.1 Å². The van der Waals surface area contributed by atoms with Gasteiger partial charge >= 0.3 is 0 Å². The van der Waals surface area contributed by atoms with E-state index in [0.29, 0.717) is 24.9 Å². The molecule has 1 aromatic carbocycles. The third kappa shape index (κ3) is 10.4. The number of guanidine groups is 1. The van der Waals surface area contributed by atoms with Gasteiger partial charge in [0.05, 0.1) is 25.7 Å². The molecule has 8 nitrogen and oxygen atoms in total. The van der Waals surface area contributed by atoms with Gasteiger partial charge in [-0.25, -0.2) is 5.41 Å². The molecule has 9 heteroatoms. The van der Waals surface area contributed by atoms with E-state index >= 15 is 0 Å². The molecule has 1 rings (SSSR count). The van der Waals surface area contributed by atoms with Crippen LogP contribution in [-0.2, 0) is 9.59 Å². The molecule has 0 radical (unpaired) electrons. The van der Waals surface area contributed by atoms with Gasteiger partial charge in [-0.3, -0.25) is 24.6 Å². The van der Waals surface area contributed by atoms with Crippen LogP contribution in [0.3, 0.4) is 0 Å². The highest BCUT2D eigenvalue weighted by Gasteiger charge is 2.19. The van der Waals surface area contributed by atoms with E-state index in [9.17, 15) is 14.4 Å². The number of nitrogens with zero attached hydrogens (tertiary/aromatic N) is 1. The molecule has 0 aliphatic heterocycles. The first kappa shape index (κ1) is 24.7. The Morgan fingerprint density at radius 2 is 1.85 bits per heavy atom. The number of nitrogens with two attached hydrogens (primary N) is 2. The van der Waals surface area contributed by atoms with Gasteiger partial charge in [0.15, 0.2) is 11.6 Å². The number of carbonyl (C=O) groups excluding carboxylic acids is 3. The van der Waals surface area contributed by atoms with Crippen molar-refractivity contribution in [3.05, 3.63) is 35.9 Å². The molecular formula is C18H28ClN5O3. The average Bonchev–Trinajstić information content (AvgIpc) is 2.57. The van der Waals surface area contributed by atoms with E-state index in [1.54, 1.807) is 41.5 Å². The van der Waals surface area contributed by atoms with E-state index < -0.39 is 6.04 Å². The lowest BCUT2D eigenvalue weighted by atomic mass is 10.1. The Morgan fingerprint density at radius 3 is 2.41 bits per heavy atom. The number of likely N-dealkylation sites (N-methyl/N-ethyl adjacent to an activating group) is 1. The van der Waals surface area contributed by atoms with E-state index in [0.717, 1.165) is 0 Å². The molecule has 27 heavy (non-hydrogen) atoms. The molecule has 1 amide bonds. The molecule has 0 unspecified atom stereocenters. The number of amides is 1. The van der Waals surface area contributed by atoms with Crippen molar-refractivity contribution in [1.29, 1.82) is 5.41 Å². The first-order valence-corrected chi connectivity index (χ1v) is 8.53. The van der Waals surface area contributed by atoms with Crippen molar-refractivity contribution < 1.29 is 32.1 Å². The van der Waals surface area contributed by atoms with Gasteiger partial charge in [0.25, 0.3) is 5.96 Å². The van der Waals surface area contributed by atoms with Crippen LogP contribution in [0, 0.1) is 5.41 Å². The van der Waals surface area contributed by atoms with E-state index in [1.165, 1.54) is 6.92 Å². The molecule has 1 aromatic rings. The highest BCUT2D eigenvalue weighted by molar-refractivity contribution is 5.97. The number of carbonyl (C=O) groups is 3. The van der Waals surface area contributed by atoms with Crippen molar-refractivity contribution in [3.63, 3.8) is 0 Å². The zero-order valence-electron chi connectivity index (χ0n) is 15.7. The second-order valence-electron chi connectivity index (χ2n) is 6.28. The molecule has 0 aromatic heterocycles. The highest BCUT2D eigenvalue weighted by atomic mass is 35.5. The van der Waals surface area contributed by atoms with Crippen LogP contribution in [0.25, 0.3) is 0 Å². The molecule has 0 spiro atoms. The van der Waals surface area contributed by atoms with E-state index in [-0.39, 0.29) is 48.9 Å². The van der Waals surface area contributed by atoms with Gasteiger partial charge in [0.1, 0.15) is 0 Å². The molecule has 0 bridgehead atoms. The predicted octanol–water partition coefficient (Wildman–Crippen LogP) is -3.88. The maximum absolute atomic E-state index is 12.1. The lowest BCUT2D eigenvalue weighted by molar-refractivity contribution is -0.543. The summed E-state index contributed by atoms with van der Waals surface area (Å²) in [4.78, 5) is 37.6. The third-order valence-electron chi connectivity index (χ3n) is 3.81. The fraction of sp³-hybridized carbons (Fsp3) is 0.444. The zero-order chi connectivity index (χ0) is 19.5. The molecule has 0 heterocycles. The number of quaternary nitrogens is 1. The van der Waals surface area contributed by atoms with Crippen molar-refractivity contribution in [2.24, 2.45) is 5.73 Å². The number of hydrogen-bond donors (Lipinski definition) is 4. The summed E-state index contributed by atoms with van der Waals surface area (Å²) < 4.78 is 0. The Labute approximate surface area is 165 Å². The number of ketones is 2. The normalized spacial score (nSPS) is 11.4. The van der Waals surface area contributed by atoms with Crippen molar-refractivity contribution in [1.82, 2.24) is 10.2 Å². The van der Waals surface area contributed by atoms with Crippen molar-refractivity contribution in [2.45, 2.75) is 25.8 Å². The van der Waals surface area contributed by atoms with Crippen LogP contribution >= 0.6 is 0 Å². The van der Waals surface area contributed by atoms with E-state index in [2.05, 4.69) is 5.32 Å². The highest BCUT2D eigenvalue weighted by Crippen LogP contribution is 2.02. The molecular weight excluding hydrogens is 370 g/mol. The number of benzene rings is 1. The van der Waals surface area contributed by atoms with Gasteiger partial charge in [-0.1, -0.05) is 30.3 Å². The summed E-state index contributed by atoms with van der Waals surface area (Å²) in [7, 11) is 1.69. The number of halogens is 1. The number of Topliss-reactive ketones (excluding diaryl/α,β-unsaturated/α-hetero) is 2. The Hall–Kier alpha value is -2.29. The van der Waals surface area contributed by atoms with Crippen LogP contribution in [0.4, 0.5) is 0 Å². The lowest BCUT2D eigenvalue weighted by Crippen LogP contribution is -3.00. The van der Waals surface area contributed by atoms with Gasteiger partial charge in [-0.05, 0) is 26.8 Å². The molecule has 150 valence electrons. The van der Waals surface area contributed by atoms with Crippen LogP contribution in [0.15, 0.2) is 30.3 Å². The van der Waals surface area contributed by atoms with Crippen LogP contribution in [0.5, 0.6) is 0 Å². The minimum atomic E-state index is -0.568. The summed E-state index contributed by atoms with van der Waals surface area (Å²) in [5.41, 5.74) is 5.84. The van der Waals surface area contributed by atoms with Crippen molar-refractivity contribution in [2.75, 3.05) is 26.7 Å². The van der Waals surface area contributed by atoms with E-state index in [1.807, 2.05) is 6.07 Å². The lowest BCUT2D eigenvalue weighted by Gasteiger charge is -2.19. The van der Waals surface area contributed by atoms with Gasteiger partial charge in [0, 0.05) is 5.56 Å². The summed E-state index contributed by atoms with van der Waals surface area (Å²) in [6, 6.07) is 8.33. The fourth-order valence-corrected chi connectivity index (χ4v) is 2.46. The minimum Gasteiger partial charge on any atom is -1.00 e. The van der Waals surface area contributed by atoms with Crippen LogP contribution in [0.1, 0.15) is 30.1 Å². The van der Waals surface area contributed by atoms with Crippen LogP contribution < -0.4 is 28.8 Å². The molecule has 0 aliphatic carbocycles. The van der Waals surface area contributed by atoms with Gasteiger partial charge in [-0.15, -0.1) is 0 Å². The topological polar surface area (TPSA) is 133 Å². The first-order chi connectivity index (χ1) is 12.3. The molecule has 1 atom stereocenters. The first-order valence-electron chi connectivity index (χ1n) is 8.53. The zero-order valence-corrected chi connectivity index (χ0v) is 16.5. The predicted molar refractivity (Wildman–Crippen MR) is 98.8 cm³/mol. The standard InChI is InChI=1S/C18H27N5O3.ClH/c1-13(24)15(9-6-10-21-18(19)20)22-17(26)12-23(2)11-16(25)14-7-4-3-5-8-14;/h3-5,7-8,15H,6,9-12H2,1-2H3,(H,22,26)(H4,19,20,21);1H/t15-;/m0./s1. The molecule has 0 saturated carbocycles. The number of hydrogen-bond acceptors (Lipinski definition) is 5. The second kappa shape index (κ2) is 13.0. The summed E-state index contributed by atoms with van der Waals surface area (Å²) in [6.07, 6.45) is 1.13. The van der Waals surface area contributed by atoms with Crippen LogP contribution in [0.2, 0.25) is 0 Å². The third-order valence-corrected chi connectivity index (χ3v) is 3.81. The Bertz CT molecular complexity index is 639. The fourth-order valence-electron chi connectivity index (χ4n) is 2.46. The van der Waals surface area contributed by atoms with Gasteiger partial charge < -0.3 is 23.5 Å².